The van der Waals surface area contributed by atoms with Crippen LogP contribution in [0.25, 0.3) is 0 Å². The average Bonchev–Trinajstić information content (AvgIpc) is 2.38. The van der Waals surface area contributed by atoms with Gasteiger partial charge >= 0.3 is 0 Å². The molecule has 0 radical (unpaired) electrons. The molecule has 0 aliphatic carbocycles. The number of amidine groups is 1. The number of aryl methyl sites for hydroxylation is 1. The maximum atomic E-state index is 7.46. The fraction of sp³-hybridized carbons (Fsp3) is 0.133. The Labute approximate surface area is 165 Å². The highest BCUT2D eigenvalue weighted by atomic mass is 127. The molecule has 2 aromatic carbocycles. The largest absolute Gasteiger partial charge is 0.487 e. The van der Waals surface area contributed by atoms with Crippen molar-refractivity contribution in [1.29, 1.82) is 5.41 Å². The number of nitrogens with two attached hydrogens (primary N) is 1. The number of ether oxygens (including phenoxy) is 1. The number of rotatable bonds is 4. The Balaban J connectivity index is 2.19. The Bertz CT molecular complexity index is 678. The van der Waals surface area contributed by atoms with E-state index in [9.17, 15) is 0 Å². The van der Waals surface area contributed by atoms with Gasteiger partial charge in [-0.05, 0) is 104 Å². The minimum atomic E-state index is 0.0901. The van der Waals surface area contributed by atoms with E-state index in [0.717, 1.165) is 29.6 Å². The second-order valence-electron chi connectivity index (χ2n) is 4.54. The molecule has 0 unspecified atom stereocenters. The molecule has 2 rings (SSSR count). The Hall–Kier alpha value is -0.1000. The zero-order valence-corrected chi connectivity index (χ0v) is 17.7. The lowest BCUT2D eigenvalue weighted by Crippen LogP contribution is -2.11. The fourth-order valence-corrected chi connectivity index (χ4v) is 5.74. The third-order valence-electron chi connectivity index (χ3n) is 2.99. The van der Waals surface area contributed by atoms with Crippen LogP contribution in [0.15, 0.2) is 30.3 Å². The highest BCUT2D eigenvalue weighted by molar-refractivity contribution is 14.1. The molecule has 6 heteroatoms. The molecule has 21 heavy (non-hydrogen) atoms. The van der Waals surface area contributed by atoms with E-state index in [1.54, 1.807) is 0 Å². The van der Waals surface area contributed by atoms with Crippen molar-refractivity contribution in [2.45, 2.75) is 13.5 Å². The van der Waals surface area contributed by atoms with Crippen LogP contribution in [-0.4, -0.2) is 5.84 Å². The molecular weight excluding hydrogens is 605 g/mol. The number of nitrogens with one attached hydrogen (secondary N) is 1. The summed E-state index contributed by atoms with van der Waals surface area (Å²) in [6.07, 6.45) is 0. The predicted octanol–water partition coefficient (Wildman–Crippen LogP) is 4.67. The quantitative estimate of drug-likeness (QED) is 0.298. The first-order chi connectivity index (χ1) is 9.88. The van der Waals surface area contributed by atoms with Crippen LogP contribution in [0.2, 0.25) is 0 Å². The maximum absolute atomic E-state index is 7.46. The molecule has 110 valence electrons. The van der Waals surface area contributed by atoms with Crippen LogP contribution in [0.4, 0.5) is 0 Å². The van der Waals surface area contributed by atoms with Crippen molar-refractivity contribution >= 4 is 73.6 Å². The first-order valence-electron chi connectivity index (χ1n) is 6.09. The van der Waals surface area contributed by atoms with Gasteiger partial charge in [0.05, 0.1) is 7.14 Å². The lowest BCUT2D eigenvalue weighted by atomic mass is 10.1. The first kappa shape index (κ1) is 17.3. The normalized spacial score (nSPS) is 10.5. The fourth-order valence-electron chi connectivity index (χ4n) is 1.84. The van der Waals surface area contributed by atoms with Crippen molar-refractivity contribution < 1.29 is 4.74 Å². The standard InChI is InChI=1S/C15H13I3N2O/c1-8-4-9(15(19)20)2-3-10(8)7-21-14-12(17)5-11(16)6-13(14)18/h2-6H,7H2,1H3,(H3,19,20). The van der Waals surface area contributed by atoms with Crippen LogP contribution < -0.4 is 10.5 Å². The van der Waals surface area contributed by atoms with Crippen LogP contribution in [0, 0.1) is 23.0 Å². The van der Waals surface area contributed by atoms with Crippen molar-refractivity contribution in [3.63, 3.8) is 0 Å². The van der Waals surface area contributed by atoms with E-state index < -0.39 is 0 Å². The van der Waals surface area contributed by atoms with Crippen LogP contribution >= 0.6 is 67.8 Å². The predicted molar refractivity (Wildman–Crippen MR) is 111 cm³/mol. The van der Waals surface area contributed by atoms with Gasteiger partial charge in [0, 0.05) is 9.13 Å². The topological polar surface area (TPSA) is 59.1 Å². The molecule has 2 aromatic rings. The highest BCUT2D eigenvalue weighted by Gasteiger charge is 2.09. The molecule has 0 aromatic heterocycles. The summed E-state index contributed by atoms with van der Waals surface area (Å²) >= 11 is 6.90. The molecule has 0 saturated carbocycles. The van der Waals surface area contributed by atoms with E-state index in [1.807, 2.05) is 25.1 Å². The van der Waals surface area contributed by atoms with E-state index in [0.29, 0.717) is 6.61 Å². The monoisotopic (exact) mass is 618 g/mol. The van der Waals surface area contributed by atoms with Crippen molar-refractivity contribution in [1.82, 2.24) is 0 Å². The number of hydrogen-bond donors (Lipinski definition) is 2. The Morgan fingerprint density at radius 3 is 2.29 bits per heavy atom. The number of benzene rings is 2. The average molecular weight is 618 g/mol. The molecular formula is C15H13I3N2O. The number of hydrogen-bond acceptors (Lipinski definition) is 2. The lowest BCUT2D eigenvalue weighted by molar-refractivity contribution is 0.301. The molecule has 0 heterocycles. The van der Waals surface area contributed by atoms with E-state index in [-0.39, 0.29) is 5.84 Å². The van der Waals surface area contributed by atoms with Crippen molar-refractivity contribution in [3.05, 3.63) is 57.7 Å². The van der Waals surface area contributed by atoms with Gasteiger partial charge in [0.15, 0.2) is 0 Å². The van der Waals surface area contributed by atoms with Crippen molar-refractivity contribution in [3.8, 4) is 5.75 Å². The van der Waals surface area contributed by atoms with E-state index >= 15 is 0 Å². The molecule has 0 fully saturated rings. The zero-order chi connectivity index (χ0) is 15.6. The summed E-state index contributed by atoms with van der Waals surface area (Å²) in [5, 5.41) is 7.46. The maximum Gasteiger partial charge on any atom is 0.146 e. The summed E-state index contributed by atoms with van der Waals surface area (Å²) in [4.78, 5) is 0. The van der Waals surface area contributed by atoms with Gasteiger partial charge in [-0.25, -0.2) is 0 Å². The highest BCUT2D eigenvalue weighted by Crippen LogP contribution is 2.30. The summed E-state index contributed by atoms with van der Waals surface area (Å²) in [5.74, 6) is 1.01. The van der Waals surface area contributed by atoms with Crippen molar-refractivity contribution in [2.75, 3.05) is 0 Å². The summed E-state index contributed by atoms with van der Waals surface area (Å²) in [6.45, 7) is 2.52. The van der Waals surface area contributed by atoms with Crippen LogP contribution in [0.5, 0.6) is 5.75 Å². The van der Waals surface area contributed by atoms with E-state index in [4.69, 9.17) is 15.9 Å². The molecule has 0 saturated heterocycles. The van der Waals surface area contributed by atoms with Gasteiger partial charge in [-0.1, -0.05) is 12.1 Å². The van der Waals surface area contributed by atoms with Crippen LogP contribution in [-0.2, 0) is 6.61 Å². The molecule has 0 spiro atoms. The van der Waals surface area contributed by atoms with Crippen LogP contribution in [0.3, 0.4) is 0 Å². The molecule has 0 aliphatic heterocycles. The van der Waals surface area contributed by atoms with Crippen molar-refractivity contribution in [2.24, 2.45) is 5.73 Å². The van der Waals surface area contributed by atoms with Gasteiger partial charge in [0.1, 0.15) is 18.2 Å². The summed E-state index contributed by atoms with van der Waals surface area (Å²) in [5.41, 5.74) is 8.43. The number of halogens is 3. The number of nitrogen functional groups attached to an aromatic ring is 1. The molecule has 3 N–H and O–H groups in total. The van der Waals surface area contributed by atoms with E-state index in [2.05, 4.69) is 79.9 Å². The summed E-state index contributed by atoms with van der Waals surface area (Å²) < 4.78 is 9.42. The lowest BCUT2D eigenvalue weighted by Gasteiger charge is -2.13. The second-order valence-corrected chi connectivity index (χ2v) is 8.11. The van der Waals surface area contributed by atoms with Gasteiger partial charge in [-0.15, -0.1) is 0 Å². The summed E-state index contributed by atoms with van der Waals surface area (Å²) in [7, 11) is 0. The van der Waals surface area contributed by atoms with E-state index in [1.165, 1.54) is 3.57 Å². The Morgan fingerprint density at radius 2 is 1.76 bits per heavy atom. The van der Waals surface area contributed by atoms with Gasteiger partial charge in [-0.3, -0.25) is 5.41 Å². The van der Waals surface area contributed by atoms with Crippen LogP contribution in [0.1, 0.15) is 16.7 Å². The minimum Gasteiger partial charge on any atom is -0.487 e. The van der Waals surface area contributed by atoms with Gasteiger partial charge in [0.2, 0.25) is 0 Å². The Kier molecular flexibility index (Phi) is 6.12. The van der Waals surface area contributed by atoms with Gasteiger partial charge < -0.3 is 10.5 Å². The zero-order valence-electron chi connectivity index (χ0n) is 11.2. The molecule has 0 bridgehead atoms. The Morgan fingerprint density at radius 1 is 1.14 bits per heavy atom. The molecule has 0 atom stereocenters. The van der Waals surface area contributed by atoms with Gasteiger partial charge in [0.25, 0.3) is 0 Å². The molecule has 0 aliphatic rings. The molecule has 3 nitrogen and oxygen atoms in total. The molecule has 0 amide bonds. The minimum absolute atomic E-state index is 0.0901. The third-order valence-corrected chi connectivity index (χ3v) is 5.21. The van der Waals surface area contributed by atoms with Gasteiger partial charge in [-0.2, -0.15) is 0 Å². The second kappa shape index (κ2) is 7.44. The first-order valence-corrected chi connectivity index (χ1v) is 9.33. The third kappa shape index (κ3) is 4.44. The smallest absolute Gasteiger partial charge is 0.146 e. The SMILES string of the molecule is Cc1cc(C(=N)N)ccc1COc1c(I)cc(I)cc1I. The summed E-state index contributed by atoms with van der Waals surface area (Å²) in [6, 6.07) is 9.95.